The zero-order valence-electron chi connectivity index (χ0n) is 15.8. The Morgan fingerprint density at radius 3 is 2.32 bits per heavy atom. The number of fused-ring (bicyclic) bond motifs is 1. The zero-order chi connectivity index (χ0) is 18.7. The quantitative estimate of drug-likeness (QED) is 0.583. The fraction of sp³-hybridized carbons (Fsp3) is 0.526. The number of hydrogen-bond donors (Lipinski definition) is 0. The standard InChI is InChI=1S/C19H27N3O2S/c1-7-21-18(24)15-10-8-9-11-16(15)20-19(21)25-14(6)17(23)22(12(2)3)13(4)5/h8-14H,7H2,1-6H3. The topological polar surface area (TPSA) is 55.2 Å². The maximum absolute atomic E-state index is 12.9. The van der Waals surface area contributed by atoms with E-state index in [1.165, 1.54) is 11.8 Å². The summed E-state index contributed by atoms with van der Waals surface area (Å²) in [6.45, 7) is 12.4. The summed E-state index contributed by atoms with van der Waals surface area (Å²) in [6.07, 6.45) is 0. The van der Waals surface area contributed by atoms with Crippen molar-refractivity contribution in [3.63, 3.8) is 0 Å². The number of thioether (sulfide) groups is 1. The highest BCUT2D eigenvalue weighted by molar-refractivity contribution is 8.00. The Kier molecular flexibility index (Phi) is 6.27. The molecule has 2 rings (SSSR count). The Morgan fingerprint density at radius 1 is 1.16 bits per heavy atom. The highest BCUT2D eigenvalue weighted by atomic mass is 32.2. The summed E-state index contributed by atoms with van der Waals surface area (Å²) in [5, 5.41) is 0.897. The molecule has 0 aliphatic heterocycles. The second-order valence-electron chi connectivity index (χ2n) is 6.65. The number of aromatic nitrogens is 2. The van der Waals surface area contributed by atoms with Crippen LogP contribution in [0, 0.1) is 0 Å². The van der Waals surface area contributed by atoms with Crippen molar-refractivity contribution in [3.05, 3.63) is 34.6 Å². The number of carbonyl (C=O) groups excluding carboxylic acids is 1. The Hall–Kier alpha value is -1.82. The molecular weight excluding hydrogens is 334 g/mol. The maximum Gasteiger partial charge on any atom is 0.262 e. The van der Waals surface area contributed by atoms with Gasteiger partial charge in [-0.1, -0.05) is 23.9 Å². The largest absolute Gasteiger partial charge is 0.337 e. The van der Waals surface area contributed by atoms with E-state index in [0.29, 0.717) is 22.6 Å². The lowest BCUT2D eigenvalue weighted by Gasteiger charge is -2.33. The molecular formula is C19H27N3O2S. The monoisotopic (exact) mass is 361 g/mol. The molecule has 6 heteroatoms. The lowest BCUT2D eigenvalue weighted by Crippen LogP contribution is -2.45. The Morgan fingerprint density at radius 2 is 1.76 bits per heavy atom. The van der Waals surface area contributed by atoms with Crippen LogP contribution in [0.2, 0.25) is 0 Å². The molecule has 0 bridgehead atoms. The molecule has 1 heterocycles. The highest BCUT2D eigenvalue weighted by Gasteiger charge is 2.27. The zero-order valence-corrected chi connectivity index (χ0v) is 16.6. The SMILES string of the molecule is CCn1c(SC(C)C(=O)N(C(C)C)C(C)C)nc2ccccc2c1=O. The number of carbonyl (C=O) groups is 1. The number of hydrogen-bond acceptors (Lipinski definition) is 4. The van der Waals surface area contributed by atoms with E-state index in [2.05, 4.69) is 4.98 Å². The summed E-state index contributed by atoms with van der Waals surface area (Å²) in [5.41, 5.74) is 0.615. The van der Waals surface area contributed by atoms with E-state index in [4.69, 9.17) is 0 Å². The van der Waals surface area contributed by atoms with Crippen LogP contribution < -0.4 is 5.56 Å². The van der Waals surface area contributed by atoms with Gasteiger partial charge in [0, 0.05) is 18.6 Å². The second kappa shape index (κ2) is 8.04. The summed E-state index contributed by atoms with van der Waals surface area (Å²) in [4.78, 5) is 32.1. The van der Waals surface area contributed by atoms with Crippen molar-refractivity contribution in [2.24, 2.45) is 0 Å². The Bertz CT molecular complexity index is 806. The van der Waals surface area contributed by atoms with E-state index in [1.54, 1.807) is 10.6 Å². The number of rotatable bonds is 6. The van der Waals surface area contributed by atoms with Gasteiger partial charge in [-0.3, -0.25) is 14.2 Å². The molecule has 136 valence electrons. The van der Waals surface area contributed by atoms with Gasteiger partial charge in [-0.2, -0.15) is 0 Å². The molecule has 0 N–H and O–H groups in total. The molecule has 0 saturated heterocycles. The molecule has 1 unspecified atom stereocenters. The summed E-state index contributed by atoms with van der Waals surface area (Å²) in [6, 6.07) is 7.60. The Balaban J connectivity index is 2.39. The van der Waals surface area contributed by atoms with Gasteiger partial charge in [0.15, 0.2) is 5.16 Å². The predicted octanol–water partition coefficient (Wildman–Crippen LogP) is 3.54. The van der Waals surface area contributed by atoms with Gasteiger partial charge in [0.1, 0.15) is 0 Å². The molecule has 0 radical (unpaired) electrons. The molecule has 0 aliphatic carbocycles. The summed E-state index contributed by atoms with van der Waals surface area (Å²) in [5.74, 6) is 0.0695. The summed E-state index contributed by atoms with van der Waals surface area (Å²) >= 11 is 1.36. The van der Waals surface area contributed by atoms with Gasteiger partial charge in [-0.05, 0) is 53.7 Å². The predicted molar refractivity (Wildman–Crippen MR) is 104 cm³/mol. The minimum atomic E-state index is -0.310. The van der Waals surface area contributed by atoms with Crippen LogP contribution in [0.4, 0.5) is 0 Å². The fourth-order valence-electron chi connectivity index (χ4n) is 3.04. The van der Waals surface area contributed by atoms with Crippen LogP contribution in [0.1, 0.15) is 41.5 Å². The normalized spacial score (nSPS) is 12.8. The summed E-state index contributed by atoms with van der Waals surface area (Å²) < 4.78 is 1.64. The van der Waals surface area contributed by atoms with Gasteiger partial charge in [-0.15, -0.1) is 0 Å². The van der Waals surface area contributed by atoms with Gasteiger partial charge in [-0.25, -0.2) is 4.98 Å². The molecule has 25 heavy (non-hydrogen) atoms. The molecule has 2 aromatic rings. The number of para-hydroxylation sites is 1. The number of amides is 1. The van der Waals surface area contributed by atoms with E-state index in [9.17, 15) is 9.59 Å². The first kappa shape index (κ1) is 19.5. The first-order valence-corrected chi connectivity index (χ1v) is 9.64. The minimum absolute atomic E-state index is 0.0557. The lowest BCUT2D eigenvalue weighted by molar-refractivity contribution is -0.133. The van der Waals surface area contributed by atoms with Crippen LogP contribution in [0.5, 0.6) is 0 Å². The van der Waals surface area contributed by atoms with Gasteiger partial charge in [0.25, 0.3) is 5.56 Å². The van der Waals surface area contributed by atoms with Crippen LogP contribution in [0.15, 0.2) is 34.2 Å². The van der Waals surface area contributed by atoms with Crippen molar-refractivity contribution in [1.29, 1.82) is 0 Å². The van der Waals surface area contributed by atoms with Crippen LogP contribution in [-0.4, -0.2) is 37.7 Å². The summed E-state index contributed by atoms with van der Waals surface area (Å²) in [7, 11) is 0. The number of nitrogens with zero attached hydrogens (tertiary/aromatic N) is 3. The van der Waals surface area contributed by atoms with E-state index in [-0.39, 0.29) is 28.8 Å². The van der Waals surface area contributed by atoms with Crippen LogP contribution in [0.3, 0.4) is 0 Å². The van der Waals surface area contributed by atoms with Crippen LogP contribution in [0.25, 0.3) is 10.9 Å². The van der Waals surface area contributed by atoms with Crippen molar-refractivity contribution < 1.29 is 4.79 Å². The van der Waals surface area contributed by atoms with E-state index < -0.39 is 0 Å². The molecule has 0 aliphatic rings. The van der Waals surface area contributed by atoms with Crippen molar-refractivity contribution >= 4 is 28.6 Å². The molecule has 5 nitrogen and oxygen atoms in total. The number of benzene rings is 1. The first-order chi connectivity index (χ1) is 11.8. The highest BCUT2D eigenvalue weighted by Crippen LogP contribution is 2.25. The third kappa shape index (κ3) is 4.06. The van der Waals surface area contributed by atoms with Crippen molar-refractivity contribution in [1.82, 2.24) is 14.5 Å². The van der Waals surface area contributed by atoms with Crippen molar-refractivity contribution in [2.45, 2.75) is 70.6 Å². The van der Waals surface area contributed by atoms with Gasteiger partial charge < -0.3 is 4.90 Å². The van der Waals surface area contributed by atoms with Gasteiger partial charge in [0.2, 0.25) is 5.91 Å². The molecule has 0 saturated carbocycles. The van der Waals surface area contributed by atoms with Crippen molar-refractivity contribution in [3.8, 4) is 0 Å². The lowest BCUT2D eigenvalue weighted by atomic mass is 10.2. The first-order valence-electron chi connectivity index (χ1n) is 8.76. The molecule has 1 aromatic heterocycles. The molecule has 1 amide bonds. The smallest absolute Gasteiger partial charge is 0.262 e. The fourth-order valence-corrected chi connectivity index (χ4v) is 4.07. The minimum Gasteiger partial charge on any atom is -0.337 e. The van der Waals surface area contributed by atoms with Crippen molar-refractivity contribution in [2.75, 3.05) is 0 Å². The van der Waals surface area contributed by atoms with E-state index in [1.807, 2.05) is 64.6 Å². The van der Waals surface area contributed by atoms with Gasteiger partial charge >= 0.3 is 0 Å². The Labute approximate surface area is 153 Å². The molecule has 0 spiro atoms. The third-order valence-corrected chi connectivity index (χ3v) is 5.22. The van der Waals surface area contributed by atoms with Crippen LogP contribution >= 0.6 is 11.8 Å². The van der Waals surface area contributed by atoms with E-state index in [0.717, 1.165) is 0 Å². The second-order valence-corrected chi connectivity index (χ2v) is 7.96. The van der Waals surface area contributed by atoms with Gasteiger partial charge in [0.05, 0.1) is 16.2 Å². The van der Waals surface area contributed by atoms with E-state index >= 15 is 0 Å². The molecule has 1 atom stereocenters. The average molecular weight is 362 g/mol. The average Bonchev–Trinajstić information content (AvgIpc) is 2.54. The third-order valence-electron chi connectivity index (χ3n) is 4.14. The molecule has 1 aromatic carbocycles. The van der Waals surface area contributed by atoms with Crippen LogP contribution in [-0.2, 0) is 11.3 Å². The maximum atomic E-state index is 12.9. The molecule has 0 fully saturated rings.